The Morgan fingerprint density at radius 2 is 1.81 bits per heavy atom. The fourth-order valence-corrected chi connectivity index (χ4v) is 6.34. The van der Waals surface area contributed by atoms with Crippen LogP contribution in [0.3, 0.4) is 0 Å². The number of nitrogens with one attached hydrogen (secondary N) is 1. The number of sulfonamides is 1. The number of thiophene rings is 1. The molecule has 0 radical (unpaired) electrons. The van der Waals surface area contributed by atoms with Gasteiger partial charge in [-0.1, -0.05) is 13.8 Å². The Kier molecular flexibility index (Phi) is 7.66. The SMILES string of the molecule is CCN(CC)S(=O)(=O)c1ccc(C(=O)OCC(=O)Nc2sc3c(c2C#N)CCCC3)cc1. The Morgan fingerprint density at radius 1 is 1.16 bits per heavy atom. The molecular formula is C22H25N3O5S2. The van der Waals surface area contributed by atoms with E-state index in [9.17, 15) is 23.3 Å². The van der Waals surface area contributed by atoms with E-state index < -0.39 is 28.5 Å². The van der Waals surface area contributed by atoms with Crippen molar-refractivity contribution >= 4 is 38.2 Å². The average Bonchev–Trinajstić information content (AvgIpc) is 3.15. The molecule has 10 heteroatoms. The van der Waals surface area contributed by atoms with E-state index in [0.717, 1.165) is 36.1 Å². The van der Waals surface area contributed by atoms with E-state index in [4.69, 9.17) is 4.74 Å². The van der Waals surface area contributed by atoms with Gasteiger partial charge >= 0.3 is 5.97 Å². The van der Waals surface area contributed by atoms with Gasteiger partial charge in [0, 0.05) is 18.0 Å². The van der Waals surface area contributed by atoms with Crippen molar-refractivity contribution in [2.45, 2.75) is 44.4 Å². The molecule has 0 bridgehead atoms. The molecule has 0 atom stereocenters. The first-order valence-corrected chi connectivity index (χ1v) is 12.7. The van der Waals surface area contributed by atoms with Crippen molar-refractivity contribution < 1.29 is 22.7 Å². The summed E-state index contributed by atoms with van der Waals surface area (Å²) >= 11 is 1.40. The molecule has 3 rings (SSSR count). The molecule has 0 fully saturated rings. The highest BCUT2D eigenvalue weighted by molar-refractivity contribution is 7.89. The van der Waals surface area contributed by atoms with Gasteiger partial charge in [0.25, 0.3) is 5.91 Å². The number of nitriles is 1. The predicted molar refractivity (Wildman–Crippen MR) is 121 cm³/mol. The largest absolute Gasteiger partial charge is 0.452 e. The van der Waals surface area contributed by atoms with Crippen LogP contribution in [0.5, 0.6) is 0 Å². The monoisotopic (exact) mass is 475 g/mol. The lowest BCUT2D eigenvalue weighted by molar-refractivity contribution is -0.119. The van der Waals surface area contributed by atoms with Crippen LogP contribution in [0.2, 0.25) is 0 Å². The minimum atomic E-state index is -3.62. The van der Waals surface area contributed by atoms with Gasteiger partial charge in [0.15, 0.2) is 6.61 Å². The van der Waals surface area contributed by atoms with Crippen molar-refractivity contribution in [1.29, 1.82) is 5.26 Å². The summed E-state index contributed by atoms with van der Waals surface area (Å²) < 4.78 is 31.4. The molecule has 2 aromatic rings. The number of ether oxygens (including phenoxy) is 1. The molecule has 0 spiro atoms. The van der Waals surface area contributed by atoms with Gasteiger partial charge in [-0.15, -0.1) is 11.3 Å². The molecule has 0 unspecified atom stereocenters. The van der Waals surface area contributed by atoms with Gasteiger partial charge in [0.05, 0.1) is 16.0 Å². The quantitative estimate of drug-likeness (QED) is 0.586. The van der Waals surface area contributed by atoms with Crippen LogP contribution in [-0.2, 0) is 32.4 Å². The molecule has 8 nitrogen and oxygen atoms in total. The summed E-state index contributed by atoms with van der Waals surface area (Å²) in [5.74, 6) is -1.27. The third-order valence-electron chi connectivity index (χ3n) is 5.30. The fourth-order valence-electron chi connectivity index (χ4n) is 3.62. The maximum atomic E-state index is 12.5. The second kappa shape index (κ2) is 10.3. The fraction of sp³-hybridized carbons (Fsp3) is 0.409. The Bertz CT molecular complexity index is 1140. The smallest absolute Gasteiger partial charge is 0.338 e. The number of nitrogens with zero attached hydrogens (tertiary/aromatic N) is 2. The van der Waals surface area contributed by atoms with Gasteiger partial charge in [-0.3, -0.25) is 4.79 Å². The van der Waals surface area contributed by atoms with E-state index in [1.807, 2.05) is 0 Å². The number of carbonyl (C=O) groups excluding carboxylic acids is 2. The molecule has 170 valence electrons. The Labute approximate surface area is 191 Å². The van der Waals surface area contributed by atoms with Crippen molar-refractivity contribution in [3.63, 3.8) is 0 Å². The normalized spacial score (nSPS) is 13.3. The number of carbonyl (C=O) groups is 2. The lowest BCUT2D eigenvalue weighted by atomic mass is 9.96. The summed E-state index contributed by atoms with van der Waals surface area (Å²) in [4.78, 5) is 25.8. The van der Waals surface area contributed by atoms with Gasteiger partial charge < -0.3 is 10.1 Å². The molecule has 0 saturated carbocycles. The van der Waals surface area contributed by atoms with E-state index in [1.165, 1.54) is 39.9 Å². The summed E-state index contributed by atoms with van der Waals surface area (Å²) in [6, 6.07) is 7.58. The van der Waals surface area contributed by atoms with Crippen LogP contribution in [0.25, 0.3) is 0 Å². The standard InChI is InChI=1S/C22H25N3O5S2/c1-3-25(4-2)32(28,29)16-11-9-15(10-12-16)22(27)30-14-20(26)24-21-18(13-23)17-7-5-6-8-19(17)31-21/h9-12H,3-8,14H2,1-2H3,(H,24,26). The van der Waals surface area contributed by atoms with E-state index >= 15 is 0 Å². The lowest BCUT2D eigenvalue weighted by Gasteiger charge is -2.18. The van der Waals surface area contributed by atoms with Crippen LogP contribution >= 0.6 is 11.3 Å². The topological polar surface area (TPSA) is 117 Å². The summed E-state index contributed by atoms with van der Waals surface area (Å²) in [5, 5.41) is 12.6. The Morgan fingerprint density at radius 3 is 2.44 bits per heavy atom. The van der Waals surface area contributed by atoms with E-state index in [-0.39, 0.29) is 10.5 Å². The zero-order valence-electron chi connectivity index (χ0n) is 18.0. The molecule has 1 heterocycles. The van der Waals surface area contributed by atoms with Crippen molar-refractivity contribution in [2.75, 3.05) is 25.0 Å². The first-order valence-electron chi connectivity index (χ1n) is 10.4. The van der Waals surface area contributed by atoms with Crippen molar-refractivity contribution in [2.24, 2.45) is 0 Å². The third kappa shape index (κ3) is 5.01. The van der Waals surface area contributed by atoms with E-state index in [0.29, 0.717) is 23.7 Å². The molecule has 1 amide bonds. The van der Waals surface area contributed by atoms with Gasteiger partial charge in [0.1, 0.15) is 11.1 Å². The maximum Gasteiger partial charge on any atom is 0.338 e. The first-order chi connectivity index (χ1) is 15.3. The average molecular weight is 476 g/mol. The number of aryl methyl sites for hydroxylation is 1. The minimum Gasteiger partial charge on any atom is -0.452 e. The Balaban J connectivity index is 1.61. The van der Waals surface area contributed by atoms with Crippen LogP contribution < -0.4 is 5.32 Å². The summed E-state index contributed by atoms with van der Waals surface area (Å²) in [7, 11) is -3.62. The maximum absolute atomic E-state index is 12.5. The van der Waals surface area contributed by atoms with Gasteiger partial charge in [-0.05, 0) is 55.5 Å². The molecule has 1 aliphatic carbocycles. The van der Waals surface area contributed by atoms with Crippen LogP contribution in [-0.4, -0.2) is 44.3 Å². The molecule has 1 N–H and O–H groups in total. The summed E-state index contributed by atoms with van der Waals surface area (Å²) in [6.45, 7) is 3.69. The van der Waals surface area contributed by atoms with Gasteiger partial charge in [0.2, 0.25) is 10.0 Å². The first kappa shape index (κ1) is 23.9. The molecule has 32 heavy (non-hydrogen) atoms. The number of esters is 1. The van der Waals surface area contributed by atoms with Gasteiger partial charge in [-0.2, -0.15) is 9.57 Å². The molecule has 1 aliphatic rings. The van der Waals surface area contributed by atoms with Crippen LogP contribution in [0.4, 0.5) is 5.00 Å². The molecule has 0 saturated heterocycles. The van der Waals surface area contributed by atoms with E-state index in [1.54, 1.807) is 13.8 Å². The number of benzene rings is 1. The van der Waals surface area contributed by atoms with Crippen LogP contribution in [0.1, 0.15) is 53.1 Å². The van der Waals surface area contributed by atoms with Crippen LogP contribution in [0.15, 0.2) is 29.2 Å². The molecule has 1 aromatic heterocycles. The summed E-state index contributed by atoms with van der Waals surface area (Å²) in [6.07, 6.45) is 3.83. The highest BCUT2D eigenvalue weighted by Gasteiger charge is 2.23. The van der Waals surface area contributed by atoms with E-state index in [2.05, 4.69) is 11.4 Å². The minimum absolute atomic E-state index is 0.0844. The lowest BCUT2D eigenvalue weighted by Crippen LogP contribution is -2.30. The van der Waals surface area contributed by atoms with Crippen molar-refractivity contribution in [1.82, 2.24) is 4.31 Å². The predicted octanol–water partition coefficient (Wildman–Crippen LogP) is 3.32. The molecule has 0 aliphatic heterocycles. The highest BCUT2D eigenvalue weighted by atomic mass is 32.2. The number of anilines is 1. The van der Waals surface area contributed by atoms with Crippen molar-refractivity contribution in [3.8, 4) is 6.07 Å². The van der Waals surface area contributed by atoms with Gasteiger partial charge in [-0.25, -0.2) is 13.2 Å². The van der Waals surface area contributed by atoms with Crippen molar-refractivity contribution in [3.05, 3.63) is 45.8 Å². The van der Waals surface area contributed by atoms with Crippen LogP contribution in [0, 0.1) is 11.3 Å². The number of hydrogen-bond donors (Lipinski definition) is 1. The Hall–Kier alpha value is -2.74. The summed E-state index contributed by atoms with van der Waals surface area (Å²) in [5.41, 5.74) is 1.64. The number of fused-ring (bicyclic) bond motifs is 1. The zero-order valence-corrected chi connectivity index (χ0v) is 19.6. The molecule has 1 aromatic carbocycles. The third-order valence-corrected chi connectivity index (χ3v) is 8.57. The number of rotatable bonds is 8. The second-order valence-electron chi connectivity index (χ2n) is 7.26. The zero-order chi connectivity index (χ0) is 23.3. The number of hydrogen-bond acceptors (Lipinski definition) is 7. The molecular weight excluding hydrogens is 450 g/mol. The second-order valence-corrected chi connectivity index (χ2v) is 10.3. The highest BCUT2D eigenvalue weighted by Crippen LogP contribution is 2.37. The number of amides is 1.